The minimum atomic E-state index is -0.170. The van der Waals surface area contributed by atoms with Crippen LogP contribution in [0.2, 0.25) is 0 Å². The topological polar surface area (TPSA) is 32.8 Å². The summed E-state index contributed by atoms with van der Waals surface area (Å²) in [4.78, 5) is 17.1. The SMILES string of the molecule is O=C([C@H]1CCC2(CCN(Cc3ccsc3)CC2)O1)N1CCCC1. The van der Waals surface area contributed by atoms with E-state index in [1.165, 1.54) is 5.56 Å². The zero-order chi connectivity index (χ0) is 15.7. The average Bonchev–Trinajstić information content (AvgIpc) is 3.31. The molecule has 0 saturated carbocycles. The summed E-state index contributed by atoms with van der Waals surface area (Å²) in [6.07, 6.45) is 6.25. The Morgan fingerprint density at radius 2 is 2.00 bits per heavy atom. The summed E-state index contributed by atoms with van der Waals surface area (Å²) in [5.41, 5.74) is 1.39. The van der Waals surface area contributed by atoms with Crippen molar-refractivity contribution >= 4 is 17.2 Å². The first-order valence-corrected chi connectivity index (χ1v) is 9.88. The lowest BCUT2D eigenvalue weighted by molar-refractivity contribution is -0.150. The summed E-state index contributed by atoms with van der Waals surface area (Å²) in [5, 5.41) is 4.39. The van der Waals surface area contributed by atoms with Crippen molar-refractivity contribution in [2.24, 2.45) is 0 Å². The van der Waals surface area contributed by atoms with Crippen molar-refractivity contribution in [1.82, 2.24) is 9.80 Å². The van der Waals surface area contributed by atoms with Crippen molar-refractivity contribution < 1.29 is 9.53 Å². The van der Waals surface area contributed by atoms with E-state index >= 15 is 0 Å². The molecule has 1 aromatic heterocycles. The third-order valence-corrected chi connectivity index (χ3v) is 6.43. The summed E-state index contributed by atoms with van der Waals surface area (Å²) < 4.78 is 6.33. The lowest BCUT2D eigenvalue weighted by Gasteiger charge is -2.39. The fourth-order valence-corrected chi connectivity index (χ4v) is 4.92. The van der Waals surface area contributed by atoms with Gasteiger partial charge in [-0.25, -0.2) is 0 Å². The molecule has 0 aliphatic carbocycles. The molecule has 3 fully saturated rings. The molecule has 126 valence electrons. The van der Waals surface area contributed by atoms with Gasteiger partial charge in [-0.15, -0.1) is 0 Å². The van der Waals surface area contributed by atoms with Gasteiger partial charge in [-0.05, 0) is 60.9 Å². The van der Waals surface area contributed by atoms with Gasteiger partial charge >= 0.3 is 0 Å². The van der Waals surface area contributed by atoms with Crippen LogP contribution in [0.25, 0.3) is 0 Å². The molecule has 1 aromatic rings. The standard InChI is InChI=1S/C18H26N2O2S/c21-17(20-8-1-2-9-20)16-3-5-18(22-16)6-10-19(11-7-18)13-15-4-12-23-14-15/h4,12,14,16H,1-3,5-11,13H2/t16-/m1/s1. The van der Waals surface area contributed by atoms with Gasteiger partial charge in [0.15, 0.2) is 0 Å². The molecule has 3 saturated heterocycles. The largest absolute Gasteiger partial charge is 0.362 e. The predicted molar refractivity (Wildman–Crippen MR) is 91.5 cm³/mol. The molecule has 5 heteroatoms. The average molecular weight is 334 g/mol. The van der Waals surface area contributed by atoms with Crippen molar-refractivity contribution in [2.75, 3.05) is 26.2 Å². The van der Waals surface area contributed by atoms with Crippen molar-refractivity contribution in [2.45, 2.75) is 56.8 Å². The molecule has 0 N–H and O–H groups in total. The highest BCUT2D eigenvalue weighted by Crippen LogP contribution is 2.39. The van der Waals surface area contributed by atoms with Gasteiger partial charge in [0, 0.05) is 32.7 Å². The Balaban J connectivity index is 1.30. The number of amides is 1. The second-order valence-electron chi connectivity index (χ2n) is 7.27. The molecule has 4 heterocycles. The number of rotatable bonds is 3. The number of thiophene rings is 1. The summed E-state index contributed by atoms with van der Waals surface area (Å²) in [6, 6.07) is 2.21. The monoisotopic (exact) mass is 334 g/mol. The molecule has 3 aliphatic rings. The number of ether oxygens (including phenoxy) is 1. The zero-order valence-electron chi connectivity index (χ0n) is 13.7. The Bertz CT molecular complexity index is 531. The van der Waals surface area contributed by atoms with Crippen LogP contribution in [0.1, 0.15) is 44.1 Å². The number of carbonyl (C=O) groups excluding carboxylic acids is 1. The maximum absolute atomic E-state index is 12.5. The van der Waals surface area contributed by atoms with Gasteiger partial charge in [0.2, 0.25) is 0 Å². The maximum atomic E-state index is 12.5. The van der Waals surface area contributed by atoms with Crippen LogP contribution in [0.4, 0.5) is 0 Å². The minimum absolute atomic E-state index is 0.0226. The summed E-state index contributed by atoms with van der Waals surface area (Å²) in [6.45, 7) is 5.08. The highest BCUT2D eigenvalue weighted by molar-refractivity contribution is 7.07. The number of piperidine rings is 1. The van der Waals surface area contributed by atoms with Gasteiger partial charge < -0.3 is 9.64 Å². The number of hydrogen-bond acceptors (Lipinski definition) is 4. The van der Waals surface area contributed by atoms with Crippen LogP contribution in [0, 0.1) is 0 Å². The second kappa shape index (κ2) is 6.54. The predicted octanol–water partition coefficient (Wildman–Crippen LogP) is 2.88. The molecule has 1 atom stereocenters. The normalized spacial score (nSPS) is 27.8. The number of hydrogen-bond donors (Lipinski definition) is 0. The van der Waals surface area contributed by atoms with Crippen LogP contribution < -0.4 is 0 Å². The Kier molecular flexibility index (Phi) is 4.43. The molecule has 1 amide bonds. The van der Waals surface area contributed by atoms with Gasteiger partial charge in [-0.1, -0.05) is 0 Å². The van der Waals surface area contributed by atoms with E-state index in [2.05, 4.69) is 21.7 Å². The fourth-order valence-electron chi connectivity index (χ4n) is 4.26. The molecule has 0 bridgehead atoms. The Morgan fingerprint density at radius 1 is 1.22 bits per heavy atom. The second-order valence-corrected chi connectivity index (χ2v) is 8.05. The summed E-state index contributed by atoms with van der Waals surface area (Å²) in [5.74, 6) is 0.250. The molecule has 23 heavy (non-hydrogen) atoms. The fraction of sp³-hybridized carbons (Fsp3) is 0.722. The van der Waals surface area contributed by atoms with E-state index in [9.17, 15) is 4.79 Å². The van der Waals surface area contributed by atoms with Gasteiger partial charge in [0.1, 0.15) is 6.10 Å². The highest BCUT2D eigenvalue weighted by atomic mass is 32.1. The van der Waals surface area contributed by atoms with E-state index in [1.54, 1.807) is 11.3 Å². The van der Waals surface area contributed by atoms with E-state index < -0.39 is 0 Å². The van der Waals surface area contributed by atoms with Crippen LogP contribution in [-0.2, 0) is 16.1 Å². The van der Waals surface area contributed by atoms with Crippen molar-refractivity contribution in [1.29, 1.82) is 0 Å². The van der Waals surface area contributed by atoms with E-state index in [1.807, 2.05) is 4.90 Å². The third kappa shape index (κ3) is 3.32. The molecule has 0 unspecified atom stereocenters. The van der Waals surface area contributed by atoms with Crippen LogP contribution in [0.3, 0.4) is 0 Å². The number of carbonyl (C=O) groups is 1. The molecule has 3 aliphatic heterocycles. The van der Waals surface area contributed by atoms with Gasteiger partial charge in [-0.2, -0.15) is 11.3 Å². The van der Waals surface area contributed by atoms with Crippen molar-refractivity contribution in [3.8, 4) is 0 Å². The lowest BCUT2D eigenvalue weighted by Crippen LogP contribution is -2.45. The van der Waals surface area contributed by atoms with E-state index in [0.717, 1.165) is 71.2 Å². The molecule has 1 spiro atoms. The first kappa shape index (κ1) is 15.6. The smallest absolute Gasteiger partial charge is 0.251 e. The molecular weight excluding hydrogens is 308 g/mol. The molecule has 0 aromatic carbocycles. The maximum Gasteiger partial charge on any atom is 0.251 e. The van der Waals surface area contributed by atoms with Crippen LogP contribution >= 0.6 is 11.3 Å². The molecular formula is C18H26N2O2S. The lowest BCUT2D eigenvalue weighted by atomic mass is 9.88. The number of nitrogens with zero attached hydrogens (tertiary/aromatic N) is 2. The van der Waals surface area contributed by atoms with Crippen molar-refractivity contribution in [3.63, 3.8) is 0 Å². The number of likely N-dealkylation sites (tertiary alicyclic amines) is 2. The first-order valence-electron chi connectivity index (χ1n) is 8.94. The van der Waals surface area contributed by atoms with Crippen LogP contribution in [0.15, 0.2) is 16.8 Å². The van der Waals surface area contributed by atoms with E-state index in [0.29, 0.717) is 0 Å². The molecule has 4 rings (SSSR count). The van der Waals surface area contributed by atoms with Crippen molar-refractivity contribution in [3.05, 3.63) is 22.4 Å². The Morgan fingerprint density at radius 3 is 2.70 bits per heavy atom. The Labute approximate surface area is 142 Å². The van der Waals surface area contributed by atoms with Gasteiger partial charge in [-0.3, -0.25) is 9.69 Å². The highest BCUT2D eigenvalue weighted by Gasteiger charge is 2.45. The van der Waals surface area contributed by atoms with E-state index in [-0.39, 0.29) is 17.6 Å². The third-order valence-electron chi connectivity index (χ3n) is 5.70. The zero-order valence-corrected chi connectivity index (χ0v) is 14.5. The van der Waals surface area contributed by atoms with Crippen LogP contribution in [0.5, 0.6) is 0 Å². The first-order chi connectivity index (χ1) is 11.2. The minimum Gasteiger partial charge on any atom is -0.362 e. The molecule has 0 radical (unpaired) electrons. The Hall–Kier alpha value is -0.910. The van der Waals surface area contributed by atoms with Gasteiger partial charge in [0.25, 0.3) is 5.91 Å². The summed E-state index contributed by atoms with van der Waals surface area (Å²) >= 11 is 1.77. The molecule has 4 nitrogen and oxygen atoms in total. The quantitative estimate of drug-likeness (QED) is 0.852. The van der Waals surface area contributed by atoms with E-state index in [4.69, 9.17) is 4.74 Å². The summed E-state index contributed by atoms with van der Waals surface area (Å²) in [7, 11) is 0. The van der Waals surface area contributed by atoms with Crippen LogP contribution in [-0.4, -0.2) is 53.6 Å². The van der Waals surface area contributed by atoms with Gasteiger partial charge in [0.05, 0.1) is 5.60 Å².